The summed E-state index contributed by atoms with van der Waals surface area (Å²) in [4.78, 5) is 40.5. The van der Waals surface area contributed by atoms with E-state index in [1.807, 2.05) is 121 Å². The molecule has 460 valence electrons. The Hall–Kier alpha value is -13.0. The van der Waals surface area contributed by atoms with E-state index < -0.39 is 5.97 Å². The zero-order valence-corrected chi connectivity index (χ0v) is 53.1. The van der Waals surface area contributed by atoms with Crippen molar-refractivity contribution in [1.82, 2.24) is 24.5 Å². The first-order valence-corrected chi connectivity index (χ1v) is 33.0. The molecular weight excluding hydrogens is 1200 g/mol. The Balaban J connectivity index is 0.796. The van der Waals surface area contributed by atoms with Crippen molar-refractivity contribution in [3.8, 4) is 84.6 Å². The van der Waals surface area contributed by atoms with Gasteiger partial charge in [0.15, 0.2) is 11.6 Å². The van der Waals surface area contributed by atoms with Crippen molar-refractivity contribution in [3.05, 3.63) is 351 Å². The molecule has 0 N–H and O–H groups in total. The normalized spacial score (nSPS) is 12.1. The van der Waals surface area contributed by atoms with Gasteiger partial charge in [-0.3, -0.25) is 0 Å². The maximum absolute atomic E-state index is 13.9. The van der Waals surface area contributed by atoms with Crippen molar-refractivity contribution in [2.24, 2.45) is 0 Å². The number of benzene rings is 13. The van der Waals surface area contributed by atoms with Crippen LogP contribution < -0.4 is 26.2 Å². The van der Waals surface area contributed by atoms with Gasteiger partial charge in [0.1, 0.15) is 6.61 Å². The second-order valence-corrected chi connectivity index (χ2v) is 24.8. The first kappa shape index (κ1) is 57.6. The van der Waals surface area contributed by atoms with Crippen LogP contribution in [0, 0.1) is 0 Å². The number of esters is 1. The lowest BCUT2D eigenvalue weighted by atomic mass is 9.33. The summed E-state index contributed by atoms with van der Waals surface area (Å²) in [5.74, 6) is 0.782. The molecule has 18 rings (SSSR count). The molecule has 0 aliphatic carbocycles. The molecule has 0 unspecified atom stereocenters. The fraction of sp³-hybridized carbons (Fsp3) is 0.0114. The van der Waals surface area contributed by atoms with Gasteiger partial charge in [-0.15, -0.1) is 0 Å². The smallest absolute Gasteiger partial charge is 0.338 e. The maximum atomic E-state index is 13.9. The molecule has 10 heteroatoms. The van der Waals surface area contributed by atoms with Crippen LogP contribution in [0.15, 0.2) is 340 Å². The van der Waals surface area contributed by atoms with Gasteiger partial charge < -0.3 is 19.1 Å². The summed E-state index contributed by atoms with van der Waals surface area (Å²) in [5, 5.41) is 1.89. The quantitative estimate of drug-likeness (QED) is 0.0833. The summed E-state index contributed by atoms with van der Waals surface area (Å²) in [5.41, 5.74) is 25.2. The second-order valence-electron chi connectivity index (χ2n) is 24.8. The Morgan fingerprint density at radius 1 is 0.327 bits per heavy atom. The topological polar surface area (TPSA) is 89.3 Å². The zero-order valence-electron chi connectivity index (χ0n) is 53.1. The average Bonchev–Trinajstić information content (AvgIpc) is 0.850. The van der Waals surface area contributed by atoms with Crippen LogP contribution in [0.4, 0.5) is 34.1 Å². The lowest BCUT2D eigenvalue weighted by molar-refractivity contribution is 0.0473. The van der Waals surface area contributed by atoms with E-state index in [0.717, 1.165) is 117 Å². The van der Waals surface area contributed by atoms with Crippen LogP contribution in [0.2, 0.25) is 0 Å². The highest BCUT2D eigenvalue weighted by Crippen LogP contribution is 2.46. The molecule has 16 aromatic rings. The van der Waals surface area contributed by atoms with E-state index in [0.29, 0.717) is 22.9 Å². The van der Waals surface area contributed by atoms with Crippen molar-refractivity contribution < 1.29 is 9.53 Å². The van der Waals surface area contributed by atoms with Crippen molar-refractivity contribution in [1.29, 1.82) is 0 Å². The van der Waals surface area contributed by atoms with E-state index >= 15 is 0 Å². The van der Waals surface area contributed by atoms with Gasteiger partial charge in [-0.05, 0) is 136 Å². The predicted octanol–water partition coefficient (Wildman–Crippen LogP) is 19.5. The minimum Gasteiger partial charge on any atom is -0.457 e. The highest BCUT2D eigenvalue weighted by atomic mass is 16.5. The predicted molar refractivity (Wildman–Crippen MR) is 400 cm³/mol. The van der Waals surface area contributed by atoms with Gasteiger partial charge in [-0.2, -0.15) is 0 Å². The van der Waals surface area contributed by atoms with Crippen molar-refractivity contribution in [3.63, 3.8) is 0 Å². The van der Waals surface area contributed by atoms with Crippen LogP contribution >= 0.6 is 0 Å². The molecular formula is C88H58BN7O2. The minimum atomic E-state index is -0.394. The fourth-order valence-electron chi connectivity index (χ4n) is 14.4. The van der Waals surface area contributed by atoms with Crippen molar-refractivity contribution in [2.75, 3.05) is 9.80 Å². The minimum absolute atomic E-state index is 0.0326. The number of hydrogen-bond donors (Lipinski definition) is 0. The van der Waals surface area contributed by atoms with E-state index in [2.05, 4.69) is 233 Å². The van der Waals surface area contributed by atoms with E-state index in [1.165, 1.54) is 27.8 Å². The fourth-order valence-corrected chi connectivity index (χ4v) is 14.4. The van der Waals surface area contributed by atoms with E-state index in [4.69, 9.17) is 24.7 Å². The SMILES string of the molecule is O=C(OCc1ccccc1)c1ccc2c(c1)c1ccccc1n2-c1ccc(-c2cc(-c3ccccc3)nc(-c3ccccc3)n2)cc1-c1cc(-c2ccccc2)nc(-c2cccc(-c3cccc(N4c5ccccc5B5c6ccccc6N(c6ccccc6)c6cccc4c65)c3)c2)n1. The number of nitrogens with zero attached hydrogens (tertiary/aromatic N) is 7. The number of ether oxygens (including phenoxy) is 1. The largest absolute Gasteiger partial charge is 0.457 e. The molecule has 2 aliphatic heterocycles. The molecule has 2 aliphatic rings. The summed E-state index contributed by atoms with van der Waals surface area (Å²) in [6.07, 6.45) is 0. The Bertz CT molecular complexity index is 5690. The Morgan fingerprint density at radius 3 is 1.49 bits per heavy atom. The van der Waals surface area contributed by atoms with E-state index in [-0.39, 0.29) is 13.3 Å². The summed E-state index contributed by atoms with van der Waals surface area (Å²) >= 11 is 0. The maximum Gasteiger partial charge on any atom is 0.338 e. The molecule has 0 saturated carbocycles. The van der Waals surface area contributed by atoms with Crippen molar-refractivity contribution in [2.45, 2.75) is 6.61 Å². The van der Waals surface area contributed by atoms with Gasteiger partial charge in [0.2, 0.25) is 0 Å². The monoisotopic (exact) mass is 1260 g/mol. The van der Waals surface area contributed by atoms with Gasteiger partial charge in [-0.25, -0.2) is 24.7 Å². The average molecular weight is 1260 g/mol. The Labute approximate surface area is 567 Å². The van der Waals surface area contributed by atoms with Crippen LogP contribution in [0.5, 0.6) is 0 Å². The van der Waals surface area contributed by atoms with E-state index in [1.54, 1.807) is 0 Å². The standard InChI is InChI=1S/C88H58BN7O2/c97-88(98-57-58-25-6-1-7-26-58)66-48-50-79-70(54-66)69-39-16-19-42-78(69)96(79)80-49-47-64(76-55-74(59-27-8-2-9-28-59)90-86(92-76)61-31-12-4-13-32-61)53-71(80)77-56-75(60-29-10-3-11-30-60)91-87(93-77)65-35-22-33-62(51-65)63-34-23-38-68(52-63)95-82-44-21-18-41-73(82)89-72-40-17-20-43-81(72)94(67-36-14-5-15-37-67)83-45-24-46-84(95)85(83)89/h1-56H,57H2. The highest BCUT2D eigenvalue weighted by molar-refractivity contribution is 7.00. The van der Waals surface area contributed by atoms with Gasteiger partial charge in [0.25, 0.3) is 6.71 Å². The number of para-hydroxylation sites is 4. The number of carbonyl (C=O) groups excluding carboxylic acids is 1. The summed E-state index contributed by atoms with van der Waals surface area (Å²) in [6, 6.07) is 118. The summed E-state index contributed by atoms with van der Waals surface area (Å²) in [7, 11) is 0. The number of carbonyl (C=O) groups is 1. The highest BCUT2D eigenvalue weighted by Gasteiger charge is 2.43. The van der Waals surface area contributed by atoms with Crippen LogP contribution in [0.3, 0.4) is 0 Å². The summed E-state index contributed by atoms with van der Waals surface area (Å²) < 4.78 is 8.20. The summed E-state index contributed by atoms with van der Waals surface area (Å²) in [6.45, 7) is 0.200. The third-order valence-corrected chi connectivity index (χ3v) is 18.9. The molecule has 0 atom stereocenters. The number of rotatable bonds is 13. The van der Waals surface area contributed by atoms with Gasteiger partial charge >= 0.3 is 5.97 Å². The number of anilines is 6. The van der Waals surface area contributed by atoms with Crippen molar-refractivity contribution >= 4 is 85.0 Å². The molecule has 13 aromatic carbocycles. The number of aromatic nitrogens is 5. The number of hydrogen-bond acceptors (Lipinski definition) is 8. The molecule has 98 heavy (non-hydrogen) atoms. The Kier molecular flexibility index (Phi) is 14.3. The van der Waals surface area contributed by atoms with Crippen LogP contribution in [-0.4, -0.2) is 37.2 Å². The van der Waals surface area contributed by atoms with Gasteiger partial charge in [0, 0.05) is 78.3 Å². The van der Waals surface area contributed by atoms with E-state index in [9.17, 15) is 4.79 Å². The van der Waals surface area contributed by atoms with Crippen LogP contribution in [-0.2, 0) is 11.3 Å². The molecule has 9 nitrogen and oxygen atoms in total. The molecule has 3 aromatic heterocycles. The molecule has 0 bridgehead atoms. The molecule has 5 heterocycles. The molecule has 0 radical (unpaired) electrons. The lowest BCUT2D eigenvalue weighted by Crippen LogP contribution is -2.61. The molecule has 0 fully saturated rings. The molecule has 0 amide bonds. The lowest BCUT2D eigenvalue weighted by Gasteiger charge is -2.44. The Morgan fingerprint density at radius 2 is 0.806 bits per heavy atom. The first-order chi connectivity index (χ1) is 48.5. The second kappa shape index (κ2) is 24.4. The first-order valence-electron chi connectivity index (χ1n) is 33.0. The van der Waals surface area contributed by atoms with Crippen LogP contribution in [0.1, 0.15) is 15.9 Å². The van der Waals surface area contributed by atoms with Crippen LogP contribution in [0.25, 0.3) is 106 Å². The number of fused-ring (bicyclic) bond motifs is 7. The third-order valence-electron chi connectivity index (χ3n) is 18.9. The van der Waals surface area contributed by atoms with Gasteiger partial charge in [0.05, 0.1) is 45.1 Å². The molecule has 0 spiro atoms. The van der Waals surface area contributed by atoms with Gasteiger partial charge in [-0.1, -0.05) is 237 Å². The third kappa shape index (κ3) is 10.3. The molecule has 0 saturated heterocycles. The zero-order chi connectivity index (χ0) is 65.0.